The average molecular weight is 330 g/mol. The van der Waals surface area contributed by atoms with Crippen LogP contribution < -0.4 is 4.90 Å². The van der Waals surface area contributed by atoms with Crippen LogP contribution in [0.15, 0.2) is 24.3 Å². The first-order chi connectivity index (χ1) is 11.7. The number of carbonyl (C=O) groups is 2. The minimum absolute atomic E-state index is 0.0486. The number of benzene rings is 1. The van der Waals surface area contributed by atoms with Crippen molar-refractivity contribution in [3.8, 4) is 0 Å². The van der Waals surface area contributed by atoms with E-state index in [1.807, 2.05) is 29.2 Å². The summed E-state index contributed by atoms with van der Waals surface area (Å²) in [5, 5.41) is 0. The molecule has 5 heteroatoms. The molecule has 0 spiro atoms. The van der Waals surface area contributed by atoms with Crippen molar-refractivity contribution in [1.82, 2.24) is 4.90 Å². The van der Waals surface area contributed by atoms with Gasteiger partial charge in [0.25, 0.3) is 0 Å². The number of ether oxygens (including phenoxy) is 1. The number of methoxy groups -OCH3 is 1. The van der Waals surface area contributed by atoms with Crippen molar-refractivity contribution in [2.45, 2.75) is 44.6 Å². The van der Waals surface area contributed by atoms with E-state index in [2.05, 4.69) is 0 Å². The predicted octanol–water partition coefficient (Wildman–Crippen LogP) is 2.38. The molecule has 0 radical (unpaired) electrons. The summed E-state index contributed by atoms with van der Waals surface area (Å²) in [7, 11) is 1.69. The van der Waals surface area contributed by atoms with E-state index >= 15 is 0 Å². The smallest absolute Gasteiger partial charge is 0.242 e. The van der Waals surface area contributed by atoms with Gasteiger partial charge in [-0.25, -0.2) is 0 Å². The Hall–Kier alpha value is -1.88. The summed E-state index contributed by atoms with van der Waals surface area (Å²) in [5.74, 6) is 0.105. The van der Waals surface area contributed by atoms with E-state index in [0.29, 0.717) is 13.0 Å². The zero-order chi connectivity index (χ0) is 16.9. The van der Waals surface area contributed by atoms with Crippen molar-refractivity contribution < 1.29 is 14.3 Å². The number of aryl methyl sites for hydroxylation is 1. The van der Waals surface area contributed by atoms with Crippen LogP contribution >= 0.6 is 0 Å². The van der Waals surface area contributed by atoms with Crippen LogP contribution in [0, 0.1) is 0 Å². The lowest BCUT2D eigenvalue weighted by Crippen LogP contribution is -2.50. The minimum Gasteiger partial charge on any atom is -0.385 e. The van der Waals surface area contributed by atoms with Crippen molar-refractivity contribution in [2.75, 3.05) is 31.7 Å². The number of fused-ring (bicyclic) bond motifs is 1. The first-order valence-corrected chi connectivity index (χ1v) is 8.87. The first-order valence-electron chi connectivity index (χ1n) is 8.87. The molecule has 1 fully saturated rings. The second kappa shape index (κ2) is 7.79. The highest BCUT2D eigenvalue weighted by Gasteiger charge is 2.31. The molecule has 2 aliphatic rings. The Morgan fingerprint density at radius 3 is 2.92 bits per heavy atom. The number of carbonyl (C=O) groups excluding carboxylic acids is 2. The minimum atomic E-state index is 0.0486. The van der Waals surface area contributed by atoms with Crippen LogP contribution in [0.2, 0.25) is 0 Å². The van der Waals surface area contributed by atoms with Crippen LogP contribution in [0.25, 0.3) is 0 Å². The lowest BCUT2D eigenvalue weighted by atomic mass is 9.98. The van der Waals surface area contributed by atoms with Gasteiger partial charge in [-0.3, -0.25) is 9.59 Å². The van der Waals surface area contributed by atoms with Crippen LogP contribution in [0.3, 0.4) is 0 Å². The number of likely N-dealkylation sites (tertiary alicyclic amines) is 1. The summed E-state index contributed by atoms with van der Waals surface area (Å²) < 4.78 is 5.18. The zero-order valence-corrected chi connectivity index (χ0v) is 14.4. The Balaban J connectivity index is 1.72. The van der Waals surface area contributed by atoms with E-state index < -0.39 is 0 Å². The van der Waals surface area contributed by atoms with Crippen LogP contribution in [-0.2, 0) is 20.7 Å². The molecule has 1 atom stereocenters. The van der Waals surface area contributed by atoms with E-state index in [0.717, 1.165) is 49.9 Å². The summed E-state index contributed by atoms with van der Waals surface area (Å²) in [6.07, 6.45) is 5.34. The fourth-order valence-corrected chi connectivity index (χ4v) is 3.78. The Morgan fingerprint density at radius 2 is 2.08 bits per heavy atom. The predicted molar refractivity (Wildman–Crippen MR) is 93.0 cm³/mol. The fraction of sp³-hybridized carbons (Fsp3) is 0.579. The van der Waals surface area contributed by atoms with Gasteiger partial charge in [0.05, 0.1) is 0 Å². The molecule has 1 saturated heterocycles. The number of amides is 2. The van der Waals surface area contributed by atoms with Crippen LogP contribution in [0.1, 0.15) is 37.7 Å². The van der Waals surface area contributed by atoms with Crippen LogP contribution in [0.5, 0.6) is 0 Å². The lowest BCUT2D eigenvalue weighted by molar-refractivity contribution is -0.135. The molecule has 0 saturated carbocycles. The molecule has 3 rings (SSSR count). The lowest BCUT2D eigenvalue weighted by Gasteiger charge is -2.38. The molecular formula is C19H26N2O3. The second-order valence-corrected chi connectivity index (χ2v) is 6.63. The van der Waals surface area contributed by atoms with E-state index in [1.165, 1.54) is 0 Å². The molecule has 0 unspecified atom stereocenters. The zero-order valence-electron chi connectivity index (χ0n) is 14.4. The Bertz CT molecular complexity index is 602. The highest BCUT2D eigenvalue weighted by atomic mass is 16.5. The van der Waals surface area contributed by atoms with Gasteiger partial charge in [-0.2, -0.15) is 0 Å². The van der Waals surface area contributed by atoms with E-state index in [9.17, 15) is 9.59 Å². The summed E-state index contributed by atoms with van der Waals surface area (Å²) in [6.45, 7) is 1.61. The number of anilines is 1. The molecule has 1 aromatic carbocycles. The third kappa shape index (κ3) is 3.61. The Morgan fingerprint density at radius 1 is 1.25 bits per heavy atom. The summed E-state index contributed by atoms with van der Waals surface area (Å²) in [4.78, 5) is 28.9. The summed E-state index contributed by atoms with van der Waals surface area (Å²) >= 11 is 0. The highest BCUT2D eigenvalue weighted by molar-refractivity contribution is 6.01. The van der Waals surface area contributed by atoms with E-state index in [1.54, 1.807) is 12.0 Å². The van der Waals surface area contributed by atoms with Crippen molar-refractivity contribution in [1.29, 1.82) is 0 Å². The van der Waals surface area contributed by atoms with Crippen molar-refractivity contribution in [3.63, 3.8) is 0 Å². The van der Waals surface area contributed by atoms with Crippen molar-refractivity contribution in [3.05, 3.63) is 29.8 Å². The maximum absolute atomic E-state index is 12.9. The van der Waals surface area contributed by atoms with Gasteiger partial charge in [0, 0.05) is 38.4 Å². The Kier molecular flexibility index (Phi) is 5.51. The third-order valence-electron chi connectivity index (χ3n) is 5.09. The maximum Gasteiger partial charge on any atom is 0.242 e. The standard InChI is InChI=1S/C19H26N2O3/c1-24-13-11-16-7-4-5-12-20(16)19(23)14-21-17-8-3-2-6-15(17)9-10-18(21)22/h2-3,6,8,16H,4-5,7,9-14H2,1H3/t16-/m1/s1. The molecule has 5 nitrogen and oxygen atoms in total. The van der Waals surface area contributed by atoms with Gasteiger partial charge in [-0.1, -0.05) is 18.2 Å². The molecule has 24 heavy (non-hydrogen) atoms. The molecule has 2 amide bonds. The number of para-hydroxylation sites is 1. The molecule has 1 aromatic rings. The van der Waals surface area contributed by atoms with Crippen molar-refractivity contribution in [2.24, 2.45) is 0 Å². The SMILES string of the molecule is COCC[C@H]1CCCCN1C(=O)CN1C(=O)CCc2ccccc21. The number of hydrogen-bond donors (Lipinski definition) is 0. The van der Waals surface area contributed by atoms with Gasteiger partial charge in [0.2, 0.25) is 11.8 Å². The highest BCUT2D eigenvalue weighted by Crippen LogP contribution is 2.28. The van der Waals surface area contributed by atoms with Crippen LogP contribution in [0.4, 0.5) is 5.69 Å². The number of hydrogen-bond acceptors (Lipinski definition) is 3. The second-order valence-electron chi connectivity index (χ2n) is 6.63. The van der Waals surface area contributed by atoms with Gasteiger partial charge < -0.3 is 14.5 Å². The molecule has 130 valence electrons. The normalized spacial score (nSPS) is 20.9. The van der Waals surface area contributed by atoms with Gasteiger partial charge in [0.15, 0.2) is 0 Å². The fourth-order valence-electron chi connectivity index (χ4n) is 3.78. The van der Waals surface area contributed by atoms with E-state index in [-0.39, 0.29) is 24.4 Å². The number of nitrogens with zero attached hydrogens (tertiary/aromatic N) is 2. The molecule has 0 bridgehead atoms. The largest absolute Gasteiger partial charge is 0.385 e. The van der Waals surface area contributed by atoms with Gasteiger partial charge >= 0.3 is 0 Å². The first kappa shape index (κ1) is 17.0. The molecular weight excluding hydrogens is 304 g/mol. The number of piperidine rings is 1. The molecule has 0 aromatic heterocycles. The van der Waals surface area contributed by atoms with Gasteiger partial charge in [-0.05, 0) is 43.7 Å². The van der Waals surface area contributed by atoms with Gasteiger partial charge in [0.1, 0.15) is 6.54 Å². The van der Waals surface area contributed by atoms with E-state index in [4.69, 9.17) is 4.74 Å². The molecule has 0 N–H and O–H groups in total. The topological polar surface area (TPSA) is 49.9 Å². The van der Waals surface area contributed by atoms with Crippen LogP contribution in [-0.4, -0.2) is 49.6 Å². The summed E-state index contributed by atoms with van der Waals surface area (Å²) in [5.41, 5.74) is 2.05. The molecule has 2 aliphatic heterocycles. The molecule has 0 aliphatic carbocycles. The average Bonchev–Trinajstić information content (AvgIpc) is 2.62. The van der Waals surface area contributed by atoms with Gasteiger partial charge in [-0.15, -0.1) is 0 Å². The Labute approximate surface area is 143 Å². The summed E-state index contributed by atoms with van der Waals surface area (Å²) in [6, 6.07) is 8.14. The molecule has 2 heterocycles. The third-order valence-corrected chi connectivity index (χ3v) is 5.09. The number of rotatable bonds is 5. The maximum atomic E-state index is 12.9. The monoisotopic (exact) mass is 330 g/mol. The van der Waals surface area contributed by atoms with Crippen molar-refractivity contribution >= 4 is 17.5 Å². The quantitative estimate of drug-likeness (QED) is 0.833.